The highest BCUT2D eigenvalue weighted by Crippen LogP contribution is 2.20. The first-order valence-electron chi connectivity index (χ1n) is 8.04. The Morgan fingerprint density at radius 1 is 1.29 bits per heavy atom. The van der Waals surface area contributed by atoms with E-state index >= 15 is 0 Å². The number of rotatable bonds is 7. The third-order valence-electron chi connectivity index (χ3n) is 3.51. The number of thioether (sulfide) groups is 1. The second kappa shape index (κ2) is 9.48. The summed E-state index contributed by atoms with van der Waals surface area (Å²) < 4.78 is 7.18. The van der Waals surface area contributed by atoms with Crippen LogP contribution in [0.15, 0.2) is 5.16 Å². The van der Waals surface area contributed by atoms with Crippen LogP contribution in [0.25, 0.3) is 0 Å². The Morgan fingerprint density at radius 2 is 2.04 bits per heavy atom. The molecule has 9 nitrogen and oxygen atoms in total. The first kappa shape index (κ1) is 18.5. The summed E-state index contributed by atoms with van der Waals surface area (Å²) >= 11 is 1.25. The first-order valence-corrected chi connectivity index (χ1v) is 9.03. The zero-order chi connectivity index (χ0) is 17.4. The monoisotopic (exact) mass is 356 g/mol. The normalized spacial score (nSPS) is 14.5. The largest absolute Gasteiger partial charge is 0.378 e. The summed E-state index contributed by atoms with van der Waals surface area (Å²) in [6.45, 7) is 5.49. The molecule has 1 aliphatic heterocycles. The second-order valence-electron chi connectivity index (χ2n) is 5.39. The van der Waals surface area contributed by atoms with Crippen LogP contribution in [-0.4, -0.2) is 65.3 Å². The van der Waals surface area contributed by atoms with E-state index in [1.165, 1.54) is 11.8 Å². The predicted octanol–water partition coefficient (Wildman–Crippen LogP) is 0.370. The lowest BCUT2D eigenvalue weighted by molar-refractivity contribution is -0.117. The molecule has 3 amide bonds. The van der Waals surface area contributed by atoms with E-state index in [0.717, 1.165) is 31.9 Å². The van der Waals surface area contributed by atoms with Crippen LogP contribution >= 0.6 is 11.8 Å². The van der Waals surface area contributed by atoms with E-state index in [4.69, 9.17) is 4.74 Å². The minimum atomic E-state index is -0.457. The fraction of sp³-hybridized carbons (Fsp3) is 0.714. The Labute approximate surface area is 145 Å². The van der Waals surface area contributed by atoms with E-state index in [-0.39, 0.29) is 11.7 Å². The van der Waals surface area contributed by atoms with Crippen molar-refractivity contribution in [3.05, 3.63) is 0 Å². The van der Waals surface area contributed by atoms with E-state index in [1.807, 2.05) is 18.5 Å². The number of unbranched alkanes of at least 4 members (excludes halogenated alkanes) is 1. The quantitative estimate of drug-likeness (QED) is 0.537. The van der Waals surface area contributed by atoms with Gasteiger partial charge in [-0.1, -0.05) is 25.1 Å². The number of amides is 3. The van der Waals surface area contributed by atoms with Gasteiger partial charge in [-0.15, -0.1) is 10.2 Å². The lowest BCUT2D eigenvalue weighted by atomic mass is 10.3. The highest BCUT2D eigenvalue weighted by Gasteiger charge is 2.19. The number of carbonyl (C=O) groups is 2. The molecule has 24 heavy (non-hydrogen) atoms. The Bertz CT molecular complexity index is 559. The molecule has 134 valence electrons. The number of hydrogen-bond acceptors (Lipinski definition) is 7. The third-order valence-corrected chi connectivity index (χ3v) is 4.53. The summed E-state index contributed by atoms with van der Waals surface area (Å²) in [6, 6.07) is -0.457. The number of aromatic nitrogens is 3. The van der Waals surface area contributed by atoms with Gasteiger partial charge in [0.15, 0.2) is 5.16 Å². The second-order valence-corrected chi connectivity index (χ2v) is 6.33. The van der Waals surface area contributed by atoms with Crippen LogP contribution in [0.4, 0.5) is 10.7 Å². The van der Waals surface area contributed by atoms with Gasteiger partial charge in [-0.05, 0) is 6.42 Å². The van der Waals surface area contributed by atoms with Gasteiger partial charge in [-0.3, -0.25) is 14.7 Å². The molecule has 10 heteroatoms. The van der Waals surface area contributed by atoms with Gasteiger partial charge in [-0.25, -0.2) is 4.79 Å². The van der Waals surface area contributed by atoms with E-state index in [1.54, 1.807) is 0 Å². The van der Waals surface area contributed by atoms with Crippen molar-refractivity contribution in [1.82, 2.24) is 25.4 Å². The molecule has 0 bridgehead atoms. The molecule has 0 unspecified atom stereocenters. The van der Waals surface area contributed by atoms with Crippen molar-refractivity contribution in [3.8, 4) is 0 Å². The fourth-order valence-corrected chi connectivity index (χ4v) is 2.89. The van der Waals surface area contributed by atoms with E-state index in [2.05, 4.69) is 25.7 Å². The van der Waals surface area contributed by atoms with E-state index in [0.29, 0.717) is 24.9 Å². The molecule has 0 atom stereocenters. The first-order chi connectivity index (χ1) is 11.6. The van der Waals surface area contributed by atoms with Gasteiger partial charge >= 0.3 is 6.03 Å². The van der Waals surface area contributed by atoms with Crippen molar-refractivity contribution < 1.29 is 14.3 Å². The predicted molar refractivity (Wildman–Crippen MR) is 91.2 cm³/mol. The summed E-state index contributed by atoms with van der Waals surface area (Å²) in [5.41, 5.74) is 0. The highest BCUT2D eigenvalue weighted by atomic mass is 32.2. The Kier molecular flexibility index (Phi) is 7.32. The maximum Gasteiger partial charge on any atom is 0.321 e. The molecule has 1 aliphatic rings. The zero-order valence-electron chi connectivity index (χ0n) is 14.1. The number of hydrogen-bond donors (Lipinski definition) is 2. The molecule has 2 heterocycles. The molecule has 2 rings (SSSR count). The van der Waals surface area contributed by atoms with Crippen molar-refractivity contribution in [1.29, 1.82) is 0 Å². The standard InChI is InChI=1S/C14H24N6O3S/c1-3-4-5-15-12(22)16-11(21)10-24-14-18-17-13(19(14)2)20-6-8-23-9-7-20/h3-10H2,1-2H3,(H2,15,16,21,22). The maximum atomic E-state index is 11.8. The minimum absolute atomic E-state index is 0.107. The van der Waals surface area contributed by atoms with Gasteiger partial charge in [0.1, 0.15) is 0 Å². The van der Waals surface area contributed by atoms with Crippen LogP contribution in [0.5, 0.6) is 0 Å². The molecule has 0 aromatic carbocycles. The number of urea groups is 1. The summed E-state index contributed by atoms with van der Waals surface area (Å²) in [7, 11) is 1.86. The van der Waals surface area contributed by atoms with Crippen LogP contribution in [0.2, 0.25) is 0 Å². The topological polar surface area (TPSA) is 101 Å². The number of ether oxygens (including phenoxy) is 1. The Hall–Kier alpha value is -1.81. The molecule has 0 spiro atoms. The molecule has 0 radical (unpaired) electrons. The van der Waals surface area contributed by atoms with Crippen LogP contribution in [0.1, 0.15) is 19.8 Å². The Balaban J connectivity index is 1.78. The number of morpholine rings is 1. The van der Waals surface area contributed by atoms with Crippen LogP contribution in [-0.2, 0) is 16.6 Å². The van der Waals surface area contributed by atoms with Gasteiger partial charge in [0.05, 0.1) is 19.0 Å². The SMILES string of the molecule is CCCCNC(=O)NC(=O)CSc1nnc(N2CCOCC2)n1C. The summed E-state index contributed by atoms with van der Waals surface area (Å²) in [6.07, 6.45) is 1.88. The van der Waals surface area contributed by atoms with Crippen molar-refractivity contribution in [2.45, 2.75) is 24.9 Å². The van der Waals surface area contributed by atoms with Gasteiger partial charge in [-0.2, -0.15) is 0 Å². The minimum Gasteiger partial charge on any atom is -0.378 e. The lowest BCUT2D eigenvalue weighted by Gasteiger charge is -2.27. The molecule has 0 saturated carbocycles. The molecule has 1 fully saturated rings. The molecule has 1 saturated heterocycles. The van der Waals surface area contributed by atoms with Gasteiger partial charge < -0.3 is 15.0 Å². The molecule has 1 aromatic heterocycles. The number of nitrogens with zero attached hydrogens (tertiary/aromatic N) is 4. The maximum absolute atomic E-state index is 11.8. The third kappa shape index (κ3) is 5.38. The highest BCUT2D eigenvalue weighted by molar-refractivity contribution is 7.99. The Morgan fingerprint density at radius 3 is 2.75 bits per heavy atom. The molecule has 0 aliphatic carbocycles. The van der Waals surface area contributed by atoms with Crippen LogP contribution in [0.3, 0.4) is 0 Å². The average Bonchev–Trinajstić information content (AvgIpc) is 2.95. The lowest BCUT2D eigenvalue weighted by Crippen LogP contribution is -2.40. The van der Waals surface area contributed by atoms with Gasteiger partial charge in [0.2, 0.25) is 11.9 Å². The van der Waals surface area contributed by atoms with Crippen molar-refractivity contribution in [2.75, 3.05) is 43.5 Å². The van der Waals surface area contributed by atoms with Crippen molar-refractivity contribution >= 4 is 29.6 Å². The number of nitrogens with one attached hydrogen (secondary N) is 2. The molecule has 2 N–H and O–H groups in total. The van der Waals surface area contributed by atoms with E-state index < -0.39 is 6.03 Å². The van der Waals surface area contributed by atoms with Gasteiger partial charge in [0, 0.05) is 26.7 Å². The van der Waals surface area contributed by atoms with Gasteiger partial charge in [0.25, 0.3) is 0 Å². The number of anilines is 1. The van der Waals surface area contributed by atoms with Crippen molar-refractivity contribution in [2.24, 2.45) is 7.05 Å². The summed E-state index contributed by atoms with van der Waals surface area (Å²) in [4.78, 5) is 25.4. The molecular formula is C14H24N6O3S. The molecular weight excluding hydrogens is 332 g/mol. The molecule has 1 aromatic rings. The van der Waals surface area contributed by atoms with Crippen LogP contribution < -0.4 is 15.5 Å². The van der Waals surface area contributed by atoms with Crippen molar-refractivity contribution in [3.63, 3.8) is 0 Å². The average molecular weight is 356 g/mol. The van der Waals surface area contributed by atoms with Crippen LogP contribution in [0, 0.1) is 0 Å². The summed E-state index contributed by atoms with van der Waals surface area (Å²) in [5, 5.41) is 13.9. The number of imide groups is 1. The zero-order valence-corrected chi connectivity index (χ0v) is 14.9. The smallest absolute Gasteiger partial charge is 0.321 e. The number of carbonyl (C=O) groups excluding carboxylic acids is 2. The fourth-order valence-electron chi connectivity index (χ4n) is 2.19. The van der Waals surface area contributed by atoms with E-state index in [9.17, 15) is 9.59 Å². The summed E-state index contributed by atoms with van der Waals surface area (Å²) in [5.74, 6) is 0.513.